The first-order chi connectivity index (χ1) is 7.72. The van der Waals surface area contributed by atoms with Crippen LogP contribution in [0.25, 0.3) is 0 Å². The van der Waals surface area contributed by atoms with E-state index in [4.69, 9.17) is 9.47 Å². The van der Waals surface area contributed by atoms with Gasteiger partial charge >= 0.3 is 0 Å². The van der Waals surface area contributed by atoms with Gasteiger partial charge in [-0.15, -0.1) is 0 Å². The normalized spacial score (nSPS) is 12.2. The summed E-state index contributed by atoms with van der Waals surface area (Å²) in [6.07, 6.45) is 0.334. The maximum atomic E-state index is 11.9. The molecule has 0 amide bonds. The van der Waals surface area contributed by atoms with Crippen molar-refractivity contribution in [1.29, 1.82) is 0 Å². The molecule has 0 bridgehead atoms. The van der Waals surface area contributed by atoms with Crippen LogP contribution in [0.2, 0.25) is 0 Å². The largest absolute Gasteiger partial charge is 0.494 e. The summed E-state index contributed by atoms with van der Waals surface area (Å²) in [4.78, 5) is 11.9. The molecule has 16 heavy (non-hydrogen) atoms. The highest BCUT2D eigenvalue weighted by molar-refractivity contribution is 5.99. The molecule has 0 spiro atoms. The fourth-order valence-corrected chi connectivity index (χ4v) is 1.53. The summed E-state index contributed by atoms with van der Waals surface area (Å²) in [6.45, 7) is 4.49. The molecular weight excluding hydrogens is 204 g/mol. The molecule has 0 heterocycles. The fraction of sp³-hybridized carbons (Fsp3) is 0.462. The van der Waals surface area contributed by atoms with Gasteiger partial charge in [-0.05, 0) is 37.6 Å². The Labute approximate surface area is 96.4 Å². The molecule has 0 saturated carbocycles. The van der Waals surface area contributed by atoms with Gasteiger partial charge in [0.05, 0.1) is 6.61 Å². The second kappa shape index (κ2) is 6.28. The first kappa shape index (κ1) is 12.7. The number of ether oxygens (including phenoxy) is 2. The second-order valence-electron chi connectivity index (χ2n) is 3.45. The summed E-state index contributed by atoms with van der Waals surface area (Å²) in [5.41, 5.74) is 0.664. The van der Waals surface area contributed by atoms with E-state index < -0.39 is 0 Å². The number of Topliss-reactive ketones (excluding diaryl/α,β-unsaturated/α-hetero) is 1. The quantitative estimate of drug-likeness (QED) is 0.694. The monoisotopic (exact) mass is 222 g/mol. The third-order valence-corrected chi connectivity index (χ3v) is 2.40. The molecule has 88 valence electrons. The van der Waals surface area contributed by atoms with Crippen LogP contribution in [0.1, 0.15) is 30.6 Å². The Morgan fingerprint density at radius 1 is 1.25 bits per heavy atom. The molecule has 3 nitrogen and oxygen atoms in total. The van der Waals surface area contributed by atoms with Crippen molar-refractivity contribution in [3.63, 3.8) is 0 Å². The average molecular weight is 222 g/mol. The van der Waals surface area contributed by atoms with E-state index in [9.17, 15) is 4.79 Å². The van der Waals surface area contributed by atoms with Gasteiger partial charge in [-0.2, -0.15) is 0 Å². The molecule has 0 aromatic heterocycles. The first-order valence-electron chi connectivity index (χ1n) is 5.52. The van der Waals surface area contributed by atoms with E-state index in [1.807, 2.05) is 13.8 Å². The lowest BCUT2D eigenvalue weighted by Gasteiger charge is -2.11. The summed E-state index contributed by atoms with van der Waals surface area (Å²) in [5, 5.41) is 0. The number of carbonyl (C=O) groups excluding carboxylic acids is 1. The van der Waals surface area contributed by atoms with Gasteiger partial charge in [0.1, 0.15) is 11.9 Å². The molecule has 0 aliphatic heterocycles. The van der Waals surface area contributed by atoms with E-state index in [1.165, 1.54) is 0 Å². The predicted octanol–water partition coefficient (Wildman–Crippen LogP) is 2.69. The van der Waals surface area contributed by atoms with Crippen molar-refractivity contribution in [3.8, 4) is 5.75 Å². The Kier molecular flexibility index (Phi) is 4.99. The van der Waals surface area contributed by atoms with Crippen LogP contribution in [0.4, 0.5) is 0 Å². The summed E-state index contributed by atoms with van der Waals surface area (Å²) in [5.74, 6) is 0.803. The molecule has 0 fully saturated rings. The molecule has 0 aliphatic rings. The third-order valence-electron chi connectivity index (χ3n) is 2.40. The van der Waals surface area contributed by atoms with Crippen molar-refractivity contribution in [3.05, 3.63) is 29.8 Å². The van der Waals surface area contributed by atoms with E-state index in [0.717, 1.165) is 5.75 Å². The molecule has 1 aromatic carbocycles. The number of carbonyl (C=O) groups is 1. The van der Waals surface area contributed by atoms with E-state index in [-0.39, 0.29) is 11.9 Å². The van der Waals surface area contributed by atoms with Gasteiger partial charge in [-0.25, -0.2) is 0 Å². The first-order valence-corrected chi connectivity index (χ1v) is 5.52. The minimum Gasteiger partial charge on any atom is -0.494 e. The van der Waals surface area contributed by atoms with E-state index in [1.54, 1.807) is 31.4 Å². The lowest BCUT2D eigenvalue weighted by Crippen LogP contribution is -2.21. The van der Waals surface area contributed by atoms with Crippen LogP contribution >= 0.6 is 0 Å². The molecule has 1 aromatic rings. The Hall–Kier alpha value is -1.35. The minimum absolute atomic E-state index is 0.0213. The molecule has 1 atom stereocenters. The van der Waals surface area contributed by atoms with Gasteiger partial charge in [-0.3, -0.25) is 4.79 Å². The molecule has 0 aliphatic carbocycles. The molecule has 0 N–H and O–H groups in total. The molecule has 3 heteroatoms. The van der Waals surface area contributed by atoms with Crippen LogP contribution < -0.4 is 4.74 Å². The number of hydrogen-bond donors (Lipinski definition) is 0. The summed E-state index contributed by atoms with van der Waals surface area (Å²) >= 11 is 0. The van der Waals surface area contributed by atoms with Crippen molar-refractivity contribution in [1.82, 2.24) is 0 Å². The Bertz CT molecular complexity index is 326. The zero-order valence-electron chi connectivity index (χ0n) is 10.0. The topological polar surface area (TPSA) is 35.5 Å². The zero-order chi connectivity index (χ0) is 12.0. The second-order valence-corrected chi connectivity index (χ2v) is 3.45. The SMILES string of the molecule is CCOc1ccc(C(=O)C(CC)OC)cc1. The van der Waals surface area contributed by atoms with Crippen molar-refractivity contribution < 1.29 is 14.3 Å². The lowest BCUT2D eigenvalue weighted by atomic mass is 10.0. The van der Waals surface area contributed by atoms with Crippen LogP contribution in [0, 0.1) is 0 Å². The van der Waals surface area contributed by atoms with Crippen LogP contribution in [0.3, 0.4) is 0 Å². The van der Waals surface area contributed by atoms with Gasteiger partial charge < -0.3 is 9.47 Å². The highest BCUT2D eigenvalue weighted by Crippen LogP contribution is 2.15. The average Bonchev–Trinajstić information content (AvgIpc) is 2.32. The van der Waals surface area contributed by atoms with Crippen molar-refractivity contribution in [2.45, 2.75) is 26.4 Å². The smallest absolute Gasteiger partial charge is 0.191 e. The van der Waals surface area contributed by atoms with Crippen LogP contribution in [0.15, 0.2) is 24.3 Å². The van der Waals surface area contributed by atoms with Gasteiger partial charge in [0.25, 0.3) is 0 Å². The maximum absolute atomic E-state index is 11.9. The number of rotatable bonds is 6. The minimum atomic E-state index is -0.349. The molecule has 0 saturated heterocycles. The number of benzene rings is 1. The summed E-state index contributed by atoms with van der Waals surface area (Å²) in [7, 11) is 1.56. The zero-order valence-corrected chi connectivity index (χ0v) is 10.0. The number of ketones is 1. The highest BCUT2D eigenvalue weighted by atomic mass is 16.5. The lowest BCUT2D eigenvalue weighted by molar-refractivity contribution is 0.0595. The van der Waals surface area contributed by atoms with Gasteiger partial charge in [0.2, 0.25) is 0 Å². The Morgan fingerprint density at radius 2 is 1.88 bits per heavy atom. The third kappa shape index (κ3) is 3.07. The van der Waals surface area contributed by atoms with Crippen molar-refractivity contribution in [2.24, 2.45) is 0 Å². The van der Waals surface area contributed by atoms with E-state index >= 15 is 0 Å². The highest BCUT2D eigenvalue weighted by Gasteiger charge is 2.17. The maximum Gasteiger partial charge on any atom is 0.191 e. The molecule has 1 rings (SSSR count). The summed E-state index contributed by atoms with van der Waals surface area (Å²) in [6, 6.07) is 7.15. The Morgan fingerprint density at radius 3 is 2.31 bits per heavy atom. The van der Waals surface area contributed by atoms with Crippen LogP contribution in [0.5, 0.6) is 5.75 Å². The number of methoxy groups -OCH3 is 1. The van der Waals surface area contributed by atoms with E-state index in [2.05, 4.69) is 0 Å². The number of hydrogen-bond acceptors (Lipinski definition) is 3. The van der Waals surface area contributed by atoms with Crippen LogP contribution in [-0.2, 0) is 4.74 Å². The van der Waals surface area contributed by atoms with Crippen molar-refractivity contribution in [2.75, 3.05) is 13.7 Å². The van der Waals surface area contributed by atoms with Gasteiger partial charge in [0.15, 0.2) is 5.78 Å². The molecular formula is C13H18O3. The standard InChI is InChI=1S/C13H18O3/c1-4-12(15-3)13(14)10-6-8-11(9-7-10)16-5-2/h6-9,12H,4-5H2,1-3H3. The molecule has 1 unspecified atom stereocenters. The molecule has 0 radical (unpaired) electrons. The fourth-order valence-electron chi connectivity index (χ4n) is 1.53. The van der Waals surface area contributed by atoms with Gasteiger partial charge in [0, 0.05) is 12.7 Å². The summed E-state index contributed by atoms with van der Waals surface area (Å²) < 4.78 is 10.4. The predicted molar refractivity (Wildman–Crippen MR) is 63.0 cm³/mol. The van der Waals surface area contributed by atoms with Crippen LogP contribution in [-0.4, -0.2) is 25.6 Å². The Balaban J connectivity index is 2.76. The van der Waals surface area contributed by atoms with E-state index in [0.29, 0.717) is 18.6 Å². The van der Waals surface area contributed by atoms with Crippen molar-refractivity contribution >= 4 is 5.78 Å². The van der Waals surface area contributed by atoms with Gasteiger partial charge in [-0.1, -0.05) is 6.92 Å².